The van der Waals surface area contributed by atoms with Gasteiger partial charge in [-0.2, -0.15) is 0 Å². The van der Waals surface area contributed by atoms with Gasteiger partial charge in [0.1, 0.15) is 0 Å². The average Bonchev–Trinajstić information content (AvgIpc) is 1.76. The maximum Gasteiger partial charge on any atom is 0 e. The van der Waals surface area contributed by atoms with Gasteiger partial charge in [-0.15, -0.1) is 0 Å². The van der Waals surface area contributed by atoms with Gasteiger partial charge in [0, 0.05) is 22.5 Å². The summed E-state index contributed by atoms with van der Waals surface area (Å²) in [6.07, 6.45) is 7.50. The summed E-state index contributed by atoms with van der Waals surface area (Å²) in [5.41, 5.74) is 0. The zero-order valence-corrected chi connectivity index (χ0v) is 6.07. The van der Waals surface area contributed by atoms with Crippen LogP contribution >= 0.6 is 0 Å². The first kappa shape index (κ1) is 10.5. The maximum absolute atomic E-state index is 1.50. The SMILES string of the molecule is C1CCCC1.[O].[Se]. The average molecular weight is 165 g/mol. The third-order valence-corrected chi connectivity index (χ3v) is 1.25. The molecule has 0 bridgehead atoms. The smallest absolute Gasteiger partial charge is 0 e. The fourth-order valence-electron chi connectivity index (χ4n) is 0.884. The molecule has 0 aromatic heterocycles. The first-order valence-electron chi connectivity index (χ1n) is 2.50. The molecule has 7 heavy (non-hydrogen) atoms. The minimum atomic E-state index is 0. The van der Waals surface area contributed by atoms with E-state index < -0.39 is 0 Å². The van der Waals surface area contributed by atoms with Gasteiger partial charge in [0.2, 0.25) is 0 Å². The molecule has 0 unspecified atom stereocenters. The van der Waals surface area contributed by atoms with Crippen LogP contribution in [-0.4, -0.2) is 17.1 Å². The molecule has 2 heteroatoms. The van der Waals surface area contributed by atoms with E-state index in [9.17, 15) is 0 Å². The molecule has 0 atom stereocenters. The van der Waals surface area contributed by atoms with E-state index in [1.165, 1.54) is 32.1 Å². The summed E-state index contributed by atoms with van der Waals surface area (Å²) in [6.45, 7) is 0. The van der Waals surface area contributed by atoms with Crippen LogP contribution < -0.4 is 0 Å². The van der Waals surface area contributed by atoms with Crippen molar-refractivity contribution in [2.45, 2.75) is 32.1 Å². The molecule has 0 aromatic rings. The Kier molecular flexibility index (Phi) is 9.68. The summed E-state index contributed by atoms with van der Waals surface area (Å²) in [4.78, 5) is 0. The zero-order valence-electron chi connectivity index (χ0n) is 4.35. The van der Waals surface area contributed by atoms with E-state index in [1.807, 2.05) is 0 Å². The van der Waals surface area contributed by atoms with Gasteiger partial charge >= 0.3 is 0 Å². The molecule has 0 spiro atoms. The normalized spacial score (nSPS) is 17.1. The molecular weight excluding hydrogens is 155 g/mol. The standard InChI is InChI=1S/C5H10.O.Se/c1-2-4-5-3-1;;/h1-5H2;;. The largest absolute Gasteiger partial charge is 0.0533 e. The third-order valence-electron chi connectivity index (χ3n) is 1.25. The van der Waals surface area contributed by atoms with Gasteiger partial charge in [-0.25, -0.2) is 0 Å². The van der Waals surface area contributed by atoms with Gasteiger partial charge in [-0.1, -0.05) is 32.1 Å². The molecule has 1 fully saturated rings. The number of hydrogen-bond donors (Lipinski definition) is 0. The Morgan fingerprint density at radius 1 is 0.571 bits per heavy atom. The second-order valence-corrected chi connectivity index (χ2v) is 1.77. The maximum atomic E-state index is 1.50. The molecule has 1 rings (SSSR count). The molecule has 0 aliphatic heterocycles. The number of hydrogen-bond acceptors (Lipinski definition) is 0. The predicted molar refractivity (Wildman–Crippen MR) is 29.5 cm³/mol. The quantitative estimate of drug-likeness (QED) is 0.486. The second kappa shape index (κ2) is 6.48. The molecule has 0 saturated heterocycles. The van der Waals surface area contributed by atoms with Crippen LogP contribution in [0.1, 0.15) is 32.1 Å². The van der Waals surface area contributed by atoms with Crippen LogP contribution in [-0.2, 0) is 5.48 Å². The summed E-state index contributed by atoms with van der Waals surface area (Å²) in [6, 6.07) is 0. The summed E-state index contributed by atoms with van der Waals surface area (Å²) >= 11 is 0. The van der Waals surface area contributed by atoms with Crippen LogP contribution in [0.15, 0.2) is 0 Å². The molecule has 0 N–H and O–H groups in total. The van der Waals surface area contributed by atoms with E-state index >= 15 is 0 Å². The predicted octanol–water partition coefficient (Wildman–Crippen LogP) is 1.45. The Bertz CT molecular complexity index is 19.7. The van der Waals surface area contributed by atoms with Crippen molar-refractivity contribution < 1.29 is 5.48 Å². The van der Waals surface area contributed by atoms with Crippen molar-refractivity contribution in [1.29, 1.82) is 0 Å². The Hall–Kier alpha value is 0.479. The van der Waals surface area contributed by atoms with E-state index in [1.54, 1.807) is 0 Å². The van der Waals surface area contributed by atoms with Gasteiger partial charge < -0.3 is 0 Å². The van der Waals surface area contributed by atoms with Crippen molar-refractivity contribution in [2.24, 2.45) is 0 Å². The van der Waals surface area contributed by atoms with Crippen LogP contribution in [0.25, 0.3) is 0 Å². The topological polar surface area (TPSA) is 28.5 Å². The van der Waals surface area contributed by atoms with E-state index in [0.29, 0.717) is 0 Å². The first-order chi connectivity index (χ1) is 2.50. The van der Waals surface area contributed by atoms with Gasteiger partial charge in [-0.05, 0) is 0 Å². The first-order valence-corrected chi connectivity index (χ1v) is 2.50. The van der Waals surface area contributed by atoms with Crippen molar-refractivity contribution in [2.75, 3.05) is 0 Å². The van der Waals surface area contributed by atoms with Crippen LogP contribution in [0.2, 0.25) is 0 Å². The minimum Gasteiger partial charge on any atom is -0.0533 e. The van der Waals surface area contributed by atoms with Gasteiger partial charge in [0.15, 0.2) is 0 Å². The second-order valence-electron chi connectivity index (χ2n) is 1.77. The number of rotatable bonds is 0. The fourth-order valence-corrected chi connectivity index (χ4v) is 0.884. The van der Waals surface area contributed by atoms with Gasteiger partial charge in [0.05, 0.1) is 0 Å². The molecule has 0 aromatic carbocycles. The Morgan fingerprint density at radius 3 is 0.857 bits per heavy atom. The van der Waals surface area contributed by atoms with Crippen LogP contribution in [0, 0.1) is 0 Å². The van der Waals surface area contributed by atoms with E-state index in [2.05, 4.69) is 0 Å². The summed E-state index contributed by atoms with van der Waals surface area (Å²) in [7, 11) is 0. The van der Waals surface area contributed by atoms with Crippen LogP contribution in [0.4, 0.5) is 0 Å². The summed E-state index contributed by atoms with van der Waals surface area (Å²) in [5.74, 6) is 0. The van der Waals surface area contributed by atoms with Gasteiger partial charge in [-0.3, -0.25) is 0 Å². The summed E-state index contributed by atoms with van der Waals surface area (Å²) < 4.78 is 0. The van der Waals surface area contributed by atoms with Crippen molar-refractivity contribution >= 4 is 17.1 Å². The molecular formula is C5H10OSe. The van der Waals surface area contributed by atoms with E-state index in [0.717, 1.165) is 0 Å². The van der Waals surface area contributed by atoms with Crippen molar-refractivity contribution in [3.8, 4) is 0 Å². The molecule has 0 amide bonds. The fraction of sp³-hybridized carbons (Fsp3) is 1.00. The molecule has 1 saturated carbocycles. The van der Waals surface area contributed by atoms with Crippen LogP contribution in [0.3, 0.4) is 0 Å². The molecule has 4 radical (unpaired) electrons. The van der Waals surface area contributed by atoms with Crippen molar-refractivity contribution in [3.05, 3.63) is 0 Å². The molecule has 42 valence electrons. The third kappa shape index (κ3) is 4.33. The van der Waals surface area contributed by atoms with E-state index in [-0.39, 0.29) is 22.5 Å². The monoisotopic (exact) mass is 166 g/mol. The Balaban J connectivity index is 0. The van der Waals surface area contributed by atoms with E-state index in [4.69, 9.17) is 0 Å². The summed E-state index contributed by atoms with van der Waals surface area (Å²) in [5, 5.41) is 0. The molecule has 0 heterocycles. The zero-order chi connectivity index (χ0) is 3.54. The molecule has 1 nitrogen and oxygen atoms in total. The molecule has 1 aliphatic carbocycles. The Morgan fingerprint density at radius 2 is 0.714 bits per heavy atom. The van der Waals surface area contributed by atoms with Crippen LogP contribution in [0.5, 0.6) is 0 Å². The van der Waals surface area contributed by atoms with Crippen molar-refractivity contribution in [3.63, 3.8) is 0 Å². The molecule has 1 aliphatic rings. The van der Waals surface area contributed by atoms with Crippen molar-refractivity contribution in [1.82, 2.24) is 0 Å². The minimum absolute atomic E-state index is 0. The van der Waals surface area contributed by atoms with Gasteiger partial charge in [0.25, 0.3) is 0 Å². The Labute approximate surface area is 55.3 Å².